The number of ether oxygens (including phenoxy) is 9. The van der Waals surface area contributed by atoms with Crippen molar-refractivity contribution in [3.8, 4) is 23.0 Å². The van der Waals surface area contributed by atoms with Crippen molar-refractivity contribution in [2.45, 2.75) is 374 Å². The predicted octanol–water partition coefficient (Wildman–Crippen LogP) is 18.0. The van der Waals surface area contributed by atoms with E-state index in [0.29, 0.717) is 76.8 Å². The summed E-state index contributed by atoms with van der Waals surface area (Å²) in [7, 11) is 1.51. The topological polar surface area (TPSA) is 402 Å². The maximum absolute atomic E-state index is 12.5. The highest BCUT2D eigenvalue weighted by Gasteiger charge is 2.50. The number of aliphatic hydroxyl groups is 5. The van der Waals surface area contributed by atoms with Gasteiger partial charge in [0.2, 0.25) is 0 Å². The van der Waals surface area contributed by atoms with Crippen LogP contribution in [0.25, 0.3) is 0 Å². The zero-order chi connectivity index (χ0) is 98.0. The molecule has 26 nitrogen and oxygen atoms in total. The Morgan fingerprint density at radius 2 is 0.563 bits per heavy atom. The third-order valence-corrected chi connectivity index (χ3v) is 30.8. The first-order valence-electron chi connectivity index (χ1n) is 51.4. The van der Waals surface area contributed by atoms with Gasteiger partial charge in [-0.25, -0.2) is 28.8 Å². The molecule has 12 rings (SSSR count). The fourth-order valence-electron chi connectivity index (χ4n) is 22.9. The van der Waals surface area contributed by atoms with Crippen molar-refractivity contribution in [2.75, 3.05) is 33.5 Å². The van der Waals surface area contributed by atoms with Gasteiger partial charge in [0.1, 0.15) is 53.5 Å². The number of unbranched alkanes of at least 4 members (excludes halogenated alkanes) is 8. The Balaban J connectivity index is 0.000000202. The number of fused-ring (bicyclic) bond motifs is 8. The molecule has 0 saturated heterocycles. The molecule has 754 valence electrons. The molecule has 0 unspecified atom stereocenters. The molecule has 0 amide bonds. The van der Waals surface area contributed by atoms with Crippen molar-refractivity contribution in [1.82, 2.24) is 0 Å². The van der Waals surface area contributed by atoms with Crippen LogP contribution in [0.2, 0.25) is 0 Å². The van der Waals surface area contributed by atoms with E-state index in [1.54, 1.807) is 6.92 Å². The van der Waals surface area contributed by atoms with Gasteiger partial charge in [0.05, 0.1) is 36.3 Å². The summed E-state index contributed by atoms with van der Waals surface area (Å²) in [4.78, 5) is 93.0. The first kappa shape index (κ1) is 110. The summed E-state index contributed by atoms with van der Waals surface area (Å²) in [5.74, 6) is 0.918. The molecule has 0 aromatic heterocycles. The molecular formula is C109H162O26. The molecule has 8 aliphatic carbocycles. The minimum Gasteiger partial charge on any atom is -0.482 e. The van der Waals surface area contributed by atoms with E-state index in [2.05, 4.69) is 52.0 Å². The largest absolute Gasteiger partial charge is 0.482 e. The molecule has 4 aromatic carbocycles. The summed E-state index contributed by atoms with van der Waals surface area (Å²) in [5.41, 5.74) is 9.09. The molecule has 8 aliphatic rings. The van der Waals surface area contributed by atoms with Gasteiger partial charge in [0.15, 0.2) is 32.5 Å². The molecule has 26 heteroatoms. The second kappa shape index (κ2) is 56.0. The number of hydrogen-bond donors (Lipinski definition) is 9. The van der Waals surface area contributed by atoms with Gasteiger partial charge in [-0.15, -0.1) is 0 Å². The summed E-state index contributed by atoms with van der Waals surface area (Å²) in [6.07, 6.45) is 30.1. The van der Waals surface area contributed by atoms with Crippen molar-refractivity contribution in [2.24, 2.45) is 82.9 Å². The zero-order valence-corrected chi connectivity index (χ0v) is 82.4. The van der Waals surface area contributed by atoms with E-state index in [-0.39, 0.29) is 123 Å². The van der Waals surface area contributed by atoms with Crippen LogP contribution in [0.1, 0.15) is 306 Å². The minimum absolute atomic E-state index is 0.0776. The van der Waals surface area contributed by atoms with Crippen LogP contribution >= 0.6 is 0 Å². The quantitative estimate of drug-likeness (QED) is 0.0113. The number of carboxylic acid groups (broad SMARTS) is 4. The van der Waals surface area contributed by atoms with Gasteiger partial charge in [0.25, 0.3) is 0 Å². The van der Waals surface area contributed by atoms with Crippen LogP contribution in [0.15, 0.2) is 72.8 Å². The molecule has 0 aliphatic heterocycles. The highest BCUT2D eigenvalue weighted by Crippen LogP contribution is 2.54. The number of esters is 4. The second-order valence-corrected chi connectivity index (χ2v) is 40.2. The number of carbonyl (C=O) groups excluding carboxylic acids is 4. The van der Waals surface area contributed by atoms with Gasteiger partial charge in [-0.2, -0.15) is 0 Å². The molecule has 9 N–H and O–H groups in total. The predicted molar refractivity (Wildman–Crippen MR) is 512 cm³/mol. The average Bonchev–Trinajstić information content (AvgIpc) is 1.64. The standard InChI is InChI=1S/2C28H42O6.C27H40O7.C26H38O7/c2*1-4-6-7-10-21(34-28(32)18(3)5-2)12-13-22-23-14-19-9-8-11-26(33-17-27(30)31)24(19)15-20(23)16-25(22)29;1-4-5-6-9-20(34-27(31)17(2)32-3)11-12-21-22-13-18-8-7-10-25(33-16-26(29)30)23(18)14-19(22)15-24(21)28;1-3-4-5-8-19(33-26(31)16(2)27)10-11-20-21-12-17-7-6-9-24(32-15-25(29)30)22(17)13-18(21)14-23(20)28/h2*8-9,11,18,20-23,25,29H,4-7,10,12-17H2,1-3H3,(H,30,31);7-8,10,17,19-22,24,28H,4-6,9,11-16H2,1-3H3,(H,29,30);6-7,9,16,18-21,23,27-28H,3-5,8,10-15H2,1-2H3,(H,29,30)/t18-,20+,21+,22-,23+,25-;18-,20-,21-,22+,23-,25+;17-,19-,20-,21+,22-,24+;16-,18-,19-,20+,21-,23+/m1000/s1. The van der Waals surface area contributed by atoms with Gasteiger partial charge in [0, 0.05) is 7.11 Å². The van der Waals surface area contributed by atoms with Crippen LogP contribution in [0.5, 0.6) is 23.0 Å². The van der Waals surface area contributed by atoms with Crippen molar-refractivity contribution in [3.05, 3.63) is 117 Å². The number of carboxylic acids is 4. The van der Waals surface area contributed by atoms with E-state index in [4.69, 9.17) is 63.1 Å². The summed E-state index contributed by atoms with van der Waals surface area (Å²) < 4.78 is 50.5. The van der Waals surface area contributed by atoms with Crippen molar-refractivity contribution >= 4 is 47.8 Å². The molecule has 0 spiro atoms. The fraction of sp³-hybridized carbons (Fsp3) is 0.706. The van der Waals surface area contributed by atoms with E-state index < -0.39 is 48.2 Å². The lowest BCUT2D eigenvalue weighted by molar-refractivity contribution is -0.161. The van der Waals surface area contributed by atoms with E-state index >= 15 is 0 Å². The molecule has 135 heavy (non-hydrogen) atoms. The minimum atomic E-state index is -1.13. The highest BCUT2D eigenvalue weighted by atomic mass is 16.6. The van der Waals surface area contributed by atoms with Gasteiger partial charge in [-0.3, -0.25) is 9.59 Å². The molecule has 24 atom stereocenters. The smallest absolute Gasteiger partial charge is 0.341 e. The summed E-state index contributed by atoms with van der Waals surface area (Å²) in [6, 6.07) is 23.4. The number of aliphatic carboxylic acids is 4. The Kier molecular flexibility index (Phi) is 45.7. The van der Waals surface area contributed by atoms with E-state index in [0.717, 1.165) is 260 Å². The Labute approximate surface area is 801 Å². The summed E-state index contributed by atoms with van der Waals surface area (Å²) in [6.45, 7) is 18.2. The van der Waals surface area contributed by atoms with Gasteiger partial charge in [-0.1, -0.05) is 155 Å². The first-order valence-corrected chi connectivity index (χ1v) is 51.4. The monoisotopic (exact) mass is 1890 g/mol. The SMILES string of the molecule is CCCCC[C@@H](CC[C@@H]1[C@H]2Cc3cccc(OCC(=O)O)c3C[C@H]2C[C@H]1O)OC(=O)[C@@H](C)CC.CCCCC[C@@H](CC[C@@H]1[C@H]2Cc3cccc(OCC(=O)O)c3C[C@H]2C[C@H]1O)OC(=O)[C@H](C)CC.CCCCC[C@@H](CC[C@@H]1[C@H]2Cc3cccc(OCC(=O)O)c3C[C@H]2C[C@H]1O)OC(=O)[C@H](C)O.CCCCC[C@@H](CC[C@@H]1[C@H]2Cc3cccc(OCC(=O)O)c3C[C@H]2C[C@H]1O)OC(=O)[C@H](C)OC. The van der Waals surface area contributed by atoms with Crippen LogP contribution in [0.3, 0.4) is 0 Å². The van der Waals surface area contributed by atoms with Gasteiger partial charge < -0.3 is 88.6 Å². The Morgan fingerprint density at radius 1 is 0.326 bits per heavy atom. The number of aliphatic hydroxyl groups excluding tert-OH is 5. The van der Waals surface area contributed by atoms with Crippen LogP contribution in [-0.4, -0.2) is 188 Å². The van der Waals surface area contributed by atoms with E-state index in [1.165, 1.54) is 36.3 Å². The maximum atomic E-state index is 12.5. The first-order chi connectivity index (χ1) is 64.8. The molecule has 0 bridgehead atoms. The van der Waals surface area contributed by atoms with Crippen LogP contribution < -0.4 is 18.9 Å². The third-order valence-electron chi connectivity index (χ3n) is 30.8. The lowest BCUT2D eigenvalue weighted by Crippen LogP contribution is -2.30. The Bertz CT molecular complexity index is 4030. The molecular weight excluding hydrogens is 1730 g/mol. The fourth-order valence-corrected chi connectivity index (χ4v) is 22.9. The number of carbonyl (C=O) groups is 8. The average molecular weight is 1890 g/mol. The third kappa shape index (κ3) is 32.9. The zero-order valence-electron chi connectivity index (χ0n) is 82.4. The maximum Gasteiger partial charge on any atom is 0.341 e. The van der Waals surface area contributed by atoms with E-state index in [1.807, 2.05) is 76.2 Å². The second-order valence-electron chi connectivity index (χ2n) is 40.2. The number of methoxy groups -OCH3 is 1. The van der Waals surface area contributed by atoms with Crippen LogP contribution in [-0.2, 0) is 113 Å². The Hall–Kier alpha value is -8.40. The van der Waals surface area contributed by atoms with Gasteiger partial charge >= 0.3 is 47.8 Å². The molecule has 0 radical (unpaired) electrons. The van der Waals surface area contributed by atoms with Crippen LogP contribution in [0, 0.1) is 82.9 Å². The van der Waals surface area contributed by atoms with Gasteiger partial charge in [-0.05, 0) is 346 Å². The van der Waals surface area contributed by atoms with Crippen LogP contribution in [0.4, 0.5) is 0 Å². The van der Waals surface area contributed by atoms with E-state index in [9.17, 15) is 63.9 Å². The summed E-state index contributed by atoms with van der Waals surface area (Å²) in [5, 5.41) is 89.2. The normalized spacial score (nSPS) is 25.3. The Morgan fingerprint density at radius 3 is 0.778 bits per heavy atom. The van der Waals surface area contributed by atoms with Crippen molar-refractivity contribution in [3.63, 3.8) is 0 Å². The molecule has 4 saturated carbocycles. The molecule has 4 fully saturated rings. The number of benzene rings is 4. The summed E-state index contributed by atoms with van der Waals surface area (Å²) >= 11 is 0. The van der Waals surface area contributed by atoms with Crippen molar-refractivity contribution in [1.29, 1.82) is 0 Å². The molecule has 4 aromatic rings. The number of hydrogen-bond acceptors (Lipinski definition) is 22. The van der Waals surface area contributed by atoms with Crippen molar-refractivity contribution < 1.29 is 127 Å². The number of rotatable bonds is 51. The highest BCUT2D eigenvalue weighted by molar-refractivity contribution is 5.75. The molecule has 0 heterocycles. The lowest BCUT2D eigenvalue weighted by atomic mass is 9.73. The lowest BCUT2D eigenvalue weighted by Gasteiger charge is -2.33.